The van der Waals surface area contributed by atoms with Gasteiger partial charge in [-0.3, -0.25) is 4.98 Å². The van der Waals surface area contributed by atoms with Gasteiger partial charge in [-0.25, -0.2) is 0 Å². The van der Waals surface area contributed by atoms with Gasteiger partial charge in [-0.15, -0.1) is 0 Å². The van der Waals surface area contributed by atoms with Crippen molar-refractivity contribution >= 4 is 0 Å². The van der Waals surface area contributed by atoms with Crippen molar-refractivity contribution < 1.29 is 0 Å². The first-order valence-corrected chi connectivity index (χ1v) is 3.86. The van der Waals surface area contributed by atoms with Crippen molar-refractivity contribution in [3.63, 3.8) is 0 Å². The third kappa shape index (κ3) is 2.02. The predicted molar refractivity (Wildman–Crippen MR) is 46.5 cm³/mol. The zero-order chi connectivity index (χ0) is 8.27. The minimum Gasteiger partial charge on any atom is -0.330 e. The standard InChI is InChI=1S/C9H14N2/c1-7-5-9(3-4-10)6-11-8(7)2/h5-6H,3-4,10H2,1-2H3. The van der Waals surface area contributed by atoms with Crippen LogP contribution in [0.4, 0.5) is 0 Å². The smallest absolute Gasteiger partial charge is 0.0401 e. The molecule has 0 aromatic carbocycles. The first-order chi connectivity index (χ1) is 5.24. The number of nitrogens with two attached hydrogens (primary N) is 1. The molecule has 0 spiro atoms. The number of hydrogen-bond acceptors (Lipinski definition) is 2. The number of nitrogens with zero attached hydrogens (tertiary/aromatic N) is 1. The highest BCUT2D eigenvalue weighted by Gasteiger charge is 1.95. The highest BCUT2D eigenvalue weighted by molar-refractivity contribution is 5.23. The minimum absolute atomic E-state index is 0.699. The van der Waals surface area contributed by atoms with Crippen molar-refractivity contribution in [1.29, 1.82) is 0 Å². The molecule has 0 bridgehead atoms. The van der Waals surface area contributed by atoms with E-state index in [2.05, 4.69) is 18.0 Å². The summed E-state index contributed by atoms with van der Waals surface area (Å²) in [7, 11) is 0. The quantitative estimate of drug-likeness (QED) is 0.688. The molecule has 0 aliphatic carbocycles. The normalized spacial score (nSPS) is 10.1. The van der Waals surface area contributed by atoms with Gasteiger partial charge in [0.25, 0.3) is 0 Å². The van der Waals surface area contributed by atoms with E-state index in [4.69, 9.17) is 5.73 Å². The Balaban J connectivity index is 2.86. The molecule has 1 aromatic heterocycles. The monoisotopic (exact) mass is 150 g/mol. The third-order valence-electron chi connectivity index (χ3n) is 1.83. The van der Waals surface area contributed by atoms with Crippen LogP contribution in [0.5, 0.6) is 0 Å². The molecule has 0 radical (unpaired) electrons. The summed E-state index contributed by atoms with van der Waals surface area (Å²) >= 11 is 0. The van der Waals surface area contributed by atoms with Crippen LogP contribution in [0.1, 0.15) is 16.8 Å². The van der Waals surface area contributed by atoms with Gasteiger partial charge in [0.15, 0.2) is 0 Å². The van der Waals surface area contributed by atoms with Gasteiger partial charge in [-0.05, 0) is 37.9 Å². The van der Waals surface area contributed by atoms with Crippen molar-refractivity contribution in [2.45, 2.75) is 20.3 Å². The van der Waals surface area contributed by atoms with Crippen LogP contribution in [0, 0.1) is 13.8 Å². The summed E-state index contributed by atoms with van der Waals surface area (Å²) in [5.41, 5.74) is 9.00. The molecule has 0 aliphatic heterocycles. The van der Waals surface area contributed by atoms with Crippen molar-refractivity contribution in [3.05, 3.63) is 29.1 Å². The Labute approximate surface area is 67.5 Å². The highest BCUT2D eigenvalue weighted by atomic mass is 14.7. The van der Waals surface area contributed by atoms with Gasteiger partial charge in [-0.1, -0.05) is 6.07 Å². The molecule has 0 fully saturated rings. The maximum Gasteiger partial charge on any atom is 0.0401 e. The molecule has 2 N–H and O–H groups in total. The predicted octanol–water partition coefficient (Wildman–Crippen LogP) is 1.20. The zero-order valence-corrected chi connectivity index (χ0v) is 7.09. The van der Waals surface area contributed by atoms with E-state index in [9.17, 15) is 0 Å². The first kappa shape index (κ1) is 8.21. The fraction of sp³-hybridized carbons (Fsp3) is 0.444. The van der Waals surface area contributed by atoms with Gasteiger partial charge < -0.3 is 5.73 Å². The average molecular weight is 150 g/mol. The lowest BCUT2D eigenvalue weighted by atomic mass is 10.1. The summed E-state index contributed by atoms with van der Waals surface area (Å²) in [5.74, 6) is 0. The topological polar surface area (TPSA) is 38.9 Å². The molecular weight excluding hydrogens is 136 g/mol. The van der Waals surface area contributed by atoms with E-state index in [1.54, 1.807) is 0 Å². The van der Waals surface area contributed by atoms with E-state index >= 15 is 0 Å². The van der Waals surface area contributed by atoms with Crippen molar-refractivity contribution in [3.8, 4) is 0 Å². The van der Waals surface area contributed by atoms with Crippen LogP contribution >= 0.6 is 0 Å². The van der Waals surface area contributed by atoms with Crippen LogP contribution in [-0.2, 0) is 6.42 Å². The largest absolute Gasteiger partial charge is 0.330 e. The van der Waals surface area contributed by atoms with E-state index in [0.29, 0.717) is 6.54 Å². The minimum atomic E-state index is 0.699. The lowest BCUT2D eigenvalue weighted by Crippen LogP contribution is -2.03. The van der Waals surface area contributed by atoms with E-state index in [1.165, 1.54) is 11.1 Å². The SMILES string of the molecule is Cc1cc(CCN)cnc1C. The van der Waals surface area contributed by atoms with Gasteiger partial charge in [0.1, 0.15) is 0 Å². The van der Waals surface area contributed by atoms with Gasteiger partial charge in [0.2, 0.25) is 0 Å². The Bertz CT molecular complexity index is 243. The molecule has 2 heteroatoms. The first-order valence-electron chi connectivity index (χ1n) is 3.86. The maximum absolute atomic E-state index is 5.42. The second kappa shape index (κ2) is 3.49. The van der Waals surface area contributed by atoms with Crippen LogP contribution in [0.2, 0.25) is 0 Å². The molecule has 2 nitrogen and oxygen atoms in total. The van der Waals surface area contributed by atoms with E-state index in [0.717, 1.165) is 12.1 Å². The molecule has 0 aliphatic rings. The summed E-state index contributed by atoms with van der Waals surface area (Å²) < 4.78 is 0. The number of aryl methyl sites for hydroxylation is 2. The summed E-state index contributed by atoms with van der Waals surface area (Å²) in [4.78, 5) is 4.24. The van der Waals surface area contributed by atoms with Crippen molar-refractivity contribution in [2.75, 3.05) is 6.54 Å². The Morgan fingerprint density at radius 2 is 2.18 bits per heavy atom. The van der Waals surface area contributed by atoms with Crippen LogP contribution in [-0.4, -0.2) is 11.5 Å². The van der Waals surface area contributed by atoms with Crippen LogP contribution in [0.25, 0.3) is 0 Å². The van der Waals surface area contributed by atoms with Gasteiger partial charge >= 0.3 is 0 Å². The Kier molecular flexibility index (Phi) is 2.60. The fourth-order valence-corrected chi connectivity index (χ4v) is 1.00. The summed E-state index contributed by atoms with van der Waals surface area (Å²) in [6, 6.07) is 2.15. The Morgan fingerprint density at radius 3 is 2.73 bits per heavy atom. The van der Waals surface area contributed by atoms with Crippen LogP contribution in [0.15, 0.2) is 12.3 Å². The molecule has 0 atom stereocenters. The lowest BCUT2D eigenvalue weighted by molar-refractivity contribution is 0.948. The van der Waals surface area contributed by atoms with Gasteiger partial charge in [0.05, 0.1) is 0 Å². The summed E-state index contributed by atoms with van der Waals surface area (Å²) in [5, 5.41) is 0. The molecule has 0 saturated heterocycles. The highest BCUT2D eigenvalue weighted by Crippen LogP contribution is 2.05. The van der Waals surface area contributed by atoms with Crippen LogP contribution < -0.4 is 5.73 Å². The lowest BCUT2D eigenvalue weighted by Gasteiger charge is -2.01. The second-order valence-corrected chi connectivity index (χ2v) is 2.78. The molecule has 11 heavy (non-hydrogen) atoms. The molecular formula is C9H14N2. The molecule has 1 heterocycles. The Morgan fingerprint density at radius 1 is 1.45 bits per heavy atom. The molecule has 60 valence electrons. The van der Waals surface area contributed by atoms with Crippen molar-refractivity contribution in [1.82, 2.24) is 4.98 Å². The molecule has 1 rings (SSSR count). The molecule has 1 aromatic rings. The van der Waals surface area contributed by atoms with Crippen molar-refractivity contribution in [2.24, 2.45) is 5.73 Å². The molecule has 0 saturated carbocycles. The maximum atomic E-state index is 5.42. The number of aromatic nitrogens is 1. The zero-order valence-electron chi connectivity index (χ0n) is 7.09. The van der Waals surface area contributed by atoms with E-state index in [1.807, 2.05) is 13.1 Å². The fourth-order valence-electron chi connectivity index (χ4n) is 1.00. The van der Waals surface area contributed by atoms with Crippen LogP contribution in [0.3, 0.4) is 0 Å². The average Bonchev–Trinajstić information content (AvgIpc) is 1.98. The second-order valence-electron chi connectivity index (χ2n) is 2.78. The number of pyridine rings is 1. The summed E-state index contributed by atoms with van der Waals surface area (Å²) in [6.45, 7) is 4.79. The van der Waals surface area contributed by atoms with E-state index < -0.39 is 0 Å². The van der Waals surface area contributed by atoms with E-state index in [-0.39, 0.29) is 0 Å². The summed E-state index contributed by atoms with van der Waals surface area (Å²) in [6.07, 6.45) is 2.82. The third-order valence-corrected chi connectivity index (χ3v) is 1.83. The molecule has 0 amide bonds. The van der Waals surface area contributed by atoms with Gasteiger partial charge in [-0.2, -0.15) is 0 Å². The Hall–Kier alpha value is -0.890. The number of rotatable bonds is 2. The molecule has 0 unspecified atom stereocenters. The van der Waals surface area contributed by atoms with Gasteiger partial charge in [0, 0.05) is 11.9 Å². The number of hydrogen-bond donors (Lipinski definition) is 1.